The lowest BCUT2D eigenvalue weighted by atomic mass is 9.86. The van der Waals surface area contributed by atoms with Crippen molar-refractivity contribution in [1.29, 1.82) is 0 Å². The highest BCUT2D eigenvalue weighted by atomic mass is 16.5. The molecule has 40 heavy (non-hydrogen) atoms. The molecule has 0 atom stereocenters. The molecule has 2 aliphatic rings. The van der Waals surface area contributed by atoms with Gasteiger partial charge in [0, 0.05) is 0 Å². The van der Waals surface area contributed by atoms with Crippen LogP contribution < -0.4 is 4.74 Å². The Bertz CT molecular complexity index is 1170. The lowest BCUT2D eigenvalue weighted by molar-refractivity contribution is 0.415. The second-order valence-corrected chi connectivity index (χ2v) is 10.8. The Hall–Kier alpha value is -3.32. The monoisotopic (exact) mass is 538 g/mol. The molecule has 1 nitrogen and oxygen atoms in total. The summed E-state index contributed by atoms with van der Waals surface area (Å²) < 4.78 is 5.13. The summed E-state index contributed by atoms with van der Waals surface area (Å²) in [5.41, 5.74) is 9.87. The summed E-state index contributed by atoms with van der Waals surface area (Å²) in [5, 5.41) is 0. The Morgan fingerprint density at radius 2 is 0.950 bits per heavy atom. The molecule has 0 unspecified atom stereocenters. The van der Waals surface area contributed by atoms with Crippen LogP contribution in [0, 0.1) is 0 Å². The highest BCUT2D eigenvalue weighted by Gasteiger charge is 2.12. The van der Waals surface area contributed by atoms with Crippen molar-refractivity contribution in [3.8, 4) is 5.75 Å². The zero-order valence-corrected chi connectivity index (χ0v) is 27.0. The SMILES string of the molecule is CC.CC.CC1=CC=C(/C=C/c2ccc(C(C)(C)C)cc2)CC1.COc1ccc(/C=C/C2=CC=C(C)CC2)cc1. The van der Waals surface area contributed by atoms with E-state index in [0.29, 0.717) is 0 Å². The Balaban J connectivity index is 0.000000358. The van der Waals surface area contributed by atoms with Gasteiger partial charge in [-0.05, 0) is 84.9 Å². The van der Waals surface area contributed by atoms with Gasteiger partial charge in [-0.15, -0.1) is 0 Å². The molecule has 0 aromatic heterocycles. The number of ether oxygens (including phenoxy) is 1. The molecule has 0 fully saturated rings. The highest BCUT2D eigenvalue weighted by molar-refractivity contribution is 5.55. The molecule has 2 aliphatic carbocycles. The number of allylic oxidation sites excluding steroid dienone is 10. The van der Waals surface area contributed by atoms with Gasteiger partial charge in [0.15, 0.2) is 0 Å². The molecule has 216 valence electrons. The highest BCUT2D eigenvalue weighted by Crippen LogP contribution is 2.24. The molecular formula is C39H54O. The smallest absolute Gasteiger partial charge is 0.118 e. The number of benzene rings is 2. The summed E-state index contributed by atoms with van der Waals surface area (Å²) in [6.07, 6.45) is 22.4. The summed E-state index contributed by atoms with van der Waals surface area (Å²) in [5.74, 6) is 0.901. The van der Waals surface area contributed by atoms with E-state index in [1.807, 2.05) is 39.8 Å². The lowest BCUT2D eigenvalue weighted by Gasteiger charge is -2.18. The molecule has 0 amide bonds. The maximum absolute atomic E-state index is 5.13. The summed E-state index contributed by atoms with van der Waals surface area (Å²) in [4.78, 5) is 0. The van der Waals surface area contributed by atoms with Crippen LogP contribution in [-0.4, -0.2) is 7.11 Å². The number of hydrogen-bond donors (Lipinski definition) is 0. The van der Waals surface area contributed by atoms with Gasteiger partial charge >= 0.3 is 0 Å². The maximum Gasteiger partial charge on any atom is 0.118 e. The number of hydrogen-bond acceptors (Lipinski definition) is 1. The van der Waals surface area contributed by atoms with Gasteiger partial charge < -0.3 is 4.74 Å². The average molecular weight is 539 g/mol. The van der Waals surface area contributed by atoms with Gasteiger partial charge in [0.05, 0.1) is 7.11 Å². The summed E-state index contributed by atoms with van der Waals surface area (Å²) in [7, 11) is 1.69. The quantitative estimate of drug-likeness (QED) is 0.368. The molecule has 0 aliphatic heterocycles. The third kappa shape index (κ3) is 13.2. The standard InChI is InChI=1S/C19H24.C16H18O.2C2H6/c1-15-5-7-16(8-6-15)9-10-17-11-13-18(14-12-17)19(2,3)4;1-13-3-5-14(6-4-13)7-8-15-9-11-16(17-2)12-10-15;2*1-2/h5,7,9-14H,6,8H2,1-4H3;3,5,7-12H,4,6H2,1-2H3;2*1-2H3/b10-9+;8-7+;;. The molecule has 0 saturated carbocycles. The largest absolute Gasteiger partial charge is 0.497 e. The summed E-state index contributed by atoms with van der Waals surface area (Å²) in [6.45, 7) is 19.1. The molecule has 0 N–H and O–H groups in total. The van der Waals surface area contributed by atoms with Crippen molar-refractivity contribution >= 4 is 12.2 Å². The fourth-order valence-corrected chi connectivity index (χ4v) is 4.01. The van der Waals surface area contributed by atoms with Crippen LogP contribution in [0.2, 0.25) is 0 Å². The van der Waals surface area contributed by atoms with E-state index in [9.17, 15) is 0 Å². The minimum atomic E-state index is 0.233. The van der Waals surface area contributed by atoms with Crippen molar-refractivity contribution in [3.05, 3.63) is 124 Å². The van der Waals surface area contributed by atoms with Crippen LogP contribution in [0.25, 0.3) is 12.2 Å². The van der Waals surface area contributed by atoms with Gasteiger partial charge in [-0.1, -0.05) is 145 Å². The van der Waals surface area contributed by atoms with Crippen molar-refractivity contribution in [2.75, 3.05) is 7.11 Å². The molecule has 2 aromatic rings. The van der Waals surface area contributed by atoms with Crippen molar-refractivity contribution in [1.82, 2.24) is 0 Å². The van der Waals surface area contributed by atoms with E-state index in [1.165, 1.54) is 58.2 Å². The Morgan fingerprint density at radius 3 is 1.27 bits per heavy atom. The first kappa shape index (κ1) is 34.7. The minimum Gasteiger partial charge on any atom is -0.497 e. The first-order valence-corrected chi connectivity index (χ1v) is 15.1. The molecule has 1 heteroatoms. The molecule has 0 spiro atoms. The third-order valence-electron chi connectivity index (χ3n) is 6.65. The lowest BCUT2D eigenvalue weighted by Crippen LogP contribution is -2.10. The van der Waals surface area contributed by atoms with Crippen LogP contribution in [-0.2, 0) is 5.41 Å². The van der Waals surface area contributed by atoms with Crippen LogP contribution in [0.3, 0.4) is 0 Å². The van der Waals surface area contributed by atoms with Crippen LogP contribution in [0.5, 0.6) is 5.75 Å². The van der Waals surface area contributed by atoms with E-state index >= 15 is 0 Å². The van der Waals surface area contributed by atoms with Crippen LogP contribution in [0.4, 0.5) is 0 Å². The Labute approximate surface area is 246 Å². The van der Waals surface area contributed by atoms with E-state index < -0.39 is 0 Å². The molecule has 0 saturated heterocycles. The average Bonchev–Trinajstić information content (AvgIpc) is 2.99. The molecule has 0 heterocycles. The third-order valence-corrected chi connectivity index (χ3v) is 6.65. The van der Waals surface area contributed by atoms with Crippen molar-refractivity contribution < 1.29 is 4.74 Å². The Morgan fingerprint density at radius 1 is 0.550 bits per heavy atom. The number of rotatable bonds is 5. The normalized spacial score (nSPS) is 14.8. The molecule has 4 rings (SSSR count). The van der Waals surface area contributed by atoms with Gasteiger partial charge in [-0.25, -0.2) is 0 Å². The topological polar surface area (TPSA) is 9.23 Å². The molecular weight excluding hydrogens is 484 g/mol. The van der Waals surface area contributed by atoms with Crippen molar-refractivity contribution in [3.63, 3.8) is 0 Å². The minimum absolute atomic E-state index is 0.233. The summed E-state index contributed by atoms with van der Waals surface area (Å²) in [6, 6.07) is 17.0. The second-order valence-electron chi connectivity index (χ2n) is 10.8. The fraction of sp³-hybridized carbons (Fsp3) is 0.385. The molecule has 2 aromatic carbocycles. The van der Waals surface area contributed by atoms with E-state index in [1.54, 1.807) is 7.11 Å². The van der Waals surface area contributed by atoms with Crippen molar-refractivity contribution in [2.45, 2.75) is 93.4 Å². The first-order chi connectivity index (χ1) is 19.2. The molecule has 0 radical (unpaired) electrons. The van der Waals surface area contributed by atoms with Crippen LogP contribution in [0.15, 0.2) is 107 Å². The maximum atomic E-state index is 5.13. The summed E-state index contributed by atoms with van der Waals surface area (Å²) >= 11 is 0. The van der Waals surface area contributed by atoms with Crippen LogP contribution >= 0.6 is 0 Å². The van der Waals surface area contributed by atoms with Gasteiger partial charge in [0.1, 0.15) is 5.75 Å². The van der Waals surface area contributed by atoms with Gasteiger partial charge in [0.2, 0.25) is 0 Å². The first-order valence-electron chi connectivity index (χ1n) is 15.1. The van der Waals surface area contributed by atoms with E-state index in [-0.39, 0.29) is 5.41 Å². The van der Waals surface area contributed by atoms with E-state index in [0.717, 1.165) is 12.2 Å². The van der Waals surface area contributed by atoms with E-state index in [4.69, 9.17) is 4.74 Å². The van der Waals surface area contributed by atoms with Gasteiger partial charge in [-0.2, -0.15) is 0 Å². The van der Waals surface area contributed by atoms with E-state index in [2.05, 4.69) is 120 Å². The zero-order chi connectivity index (χ0) is 30.0. The predicted octanol–water partition coefficient (Wildman–Crippen LogP) is 12.1. The van der Waals surface area contributed by atoms with Gasteiger partial charge in [-0.3, -0.25) is 0 Å². The van der Waals surface area contributed by atoms with Crippen LogP contribution in [0.1, 0.15) is 105 Å². The fourth-order valence-electron chi connectivity index (χ4n) is 4.01. The second kappa shape index (κ2) is 18.9. The predicted molar refractivity (Wildman–Crippen MR) is 181 cm³/mol. The Kier molecular flexibility index (Phi) is 16.4. The van der Waals surface area contributed by atoms with Crippen molar-refractivity contribution in [2.24, 2.45) is 0 Å². The zero-order valence-electron chi connectivity index (χ0n) is 27.0. The van der Waals surface area contributed by atoms with Gasteiger partial charge in [0.25, 0.3) is 0 Å². The number of methoxy groups -OCH3 is 1. The molecule has 0 bridgehead atoms.